The van der Waals surface area contributed by atoms with Crippen LogP contribution in [0.15, 0.2) is 48.5 Å². The van der Waals surface area contributed by atoms with Crippen LogP contribution >= 0.6 is 0 Å². The third-order valence-electron chi connectivity index (χ3n) is 3.09. The maximum atomic E-state index is 3.55. The predicted octanol–water partition coefficient (Wildman–Crippen LogP) is 4.48. The smallest absolute Gasteiger partial charge is 0.0485 e. The molecular formula is C16H19N. The van der Waals surface area contributed by atoms with Crippen LogP contribution in [0.1, 0.15) is 29.7 Å². The Bertz CT molecular complexity index is 485. The average molecular weight is 225 g/mol. The Hall–Kier alpha value is -1.76. The molecule has 0 spiro atoms. The Morgan fingerprint density at radius 3 is 2.18 bits per heavy atom. The summed E-state index contributed by atoms with van der Waals surface area (Å²) in [5, 5.41) is 3.55. The molecular weight excluding hydrogens is 206 g/mol. The maximum Gasteiger partial charge on any atom is 0.0485 e. The molecule has 0 saturated heterocycles. The van der Waals surface area contributed by atoms with E-state index in [0.29, 0.717) is 6.04 Å². The fraction of sp³-hybridized carbons (Fsp3) is 0.250. The molecule has 1 atom stereocenters. The van der Waals surface area contributed by atoms with Gasteiger partial charge in [-0.05, 0) is 38.0 Å². The van der Waals surface area contributed by atoms with Crippen LogP contribution in [0.3, 0.4) is 0 Å². The fourth-order valence-corrected chi connectivity index (χ4v) is 1.91. The minimum atomic E-state index is 0.330. The highest BCUT2D eigenvalue weighted by atomic mass is 14.9. The third kappa shape index (κ3) is 2.88. The quantitative estimate of drug-likeness (QED) is 0.812. The molecule has 0 saturated carbocycles. The zero-order valence-corrected chi connectivity index (χ0v) is 10.7. The Kier molecular flexibility index (Phi) is 3.48. The third-order valence-corrected chi connectivity index (χ3v) is 3.09. The van der Waals surface area contributed by atoms with Crippen LogP contribution < -0.4 is 5.32 Å². The van der Waals surface area contributed by atoms with Gasteiger partial charge in [-0.3, -0.25) is 0 Å². The molecule has 0 fully saturated rings. The normalized spacial score (nSPS) is 12.2. The molecule has 88 valence electrons. The molecule has 17 heavy (non-hydrogen) atoms. The molecule has 0 aromatic heterocycles. The molecule has 2 rings (SSSR count). The van der Waals surface area contributed by atoms with Gasteiger partial charge in [-0.15, -0.1) is 0 Å². The lowest BCUT2D eigenvalue weighted by atomic mass is 10.1. The van der Waals surface area contributed by atoms with Crippen LogP contribution in [0.2, 0.25) is 0 Å². The molecule has 1 N–H and O–H groups in total. The molecule has 0 bridgehead atoms. The molecule has 0 radical (unpaired) electrons. The van der Waals surface area contributed by atoms with Gasteiger partial charge in [-0.2, -0.15) is 0 Å². The van der Waals surface area contributed by atoms with Gasteiger partial charge in [-0.25, -0.2) is 0 Å². The lowest BCUT2D eigenvalue weighted by molar-refractivity contribution is 0.882. The first-order valence-electron chi connectivity index (χ1n) is 6.05. The number of hydrogen-bond acceptors (Lipinski definition) is 1. The molecule has 2 aromatic carbocycles. The Morgan fingerprint density at radius 2 is 1.53 bits per heavy atom. The Morgan fingerprint density at radius 1 is 0.882 bits per heavy atom. The highest BCUT2D eigenvalue weighted by Crippen LogP contribution is 2.21. The zero-order valence-electron chi connectivity index (χ0n) is 10.7. The van der Waals surface area contributed by atoms with E-state index >= 15 is 0 Å². The van der Waals surface area contributed by atoms with E-state index in [2.05, 4.69) is 74.6 Å². The fourth-order valence-electron chi connectivity index (χ4n) is 1.91. The van der Waals surface area contributed by atoms with E-state index in [9.17, 15) is 0 Å². The van der Waals surface area contributed by atoms with Gasteiger partial charge >= 0.3 is 0 Å². The highest BCUT2D eigenvalue weighted by molar-refractivity contribution is 5.51. The molecule has 0 heterocycles. The second-order valence-electron chi connectivity index (χ2n) is 4.59. The minimum Gasteiger partial charge on any atom is -0.378 e. The lowest BCUT2D eigenvalue weighted by Gasteiger charge is -2.17. The van der Waals surface area contributed by atoms with Crippen molar-refractivity contribution in [1.82, 2.24) is 0 Å². The van der Waals surface area contributed by atoms with Crippen molar-refractivity contribution in [3.05, 3.63) is 65.2 Å². The van der Waals surface area contributed by atoms with Gasteiger partial charge in [0.05, 0.1) is 0 Å². The van der Waals surface area contributed by atoms with Gasteiger partial charge in [0.15, 0.2) is 0 Å². The lowest BCUT2D eigenvalue weighted by Crippen LogP contribution is -2.07. The van der Waals surface area contributed by atoms with Crippen molar-refractivity contribution in [1.29, 1.82) is 0 Å². The summed E-state index contributed by atoms with van der Waals surface area (Å²) in [6, 6.07) is 17.4. The largest absolute Gasteiger partial charge is 0.378 e. The molecule has 1 nitrogen and oxygen atoms in total. The van der Waals surface area contributed by atoms with E-state index in [0.717, 1.165) is 0 Å². The first-order valence-corrected chi connectivity index (χ1v) is 6.05. The number of rotatable bonds is 3. The van der Waals surface area contributed by atoms with E-state index < -0.39 is 0 Å². The van der Waals surface area contributed by atoms with Crippen molar-refractivity contribution in [2.75, 3.05) is 5.32 Å². The molecule has 0 aliphatic carbocycles. The van der Waals surface area contributed by atoms with Crippen LogP contribution in [0, 0.1) is 13.8 Å². The van der Waals surface area contributed by atoms with Gasteiger partial charge in [0.2, 0.25) is 0 Å². The van der Waals surface area contributed by atoms with Gasteiger partial charge in [-0.1, -0.05) is 48.0 Å². The summed E-state index contributed by atoms with van der Waals surface area (Å²) < 4.78 is 0. The number of hydrogen-bond donors (Lipinski definition) is 1. The van der Waals surface area contributed by atoms with Gasteiger partial charge in [0.1, 0.15) is 0 Å². The van der Waals surface area contributed by atoms with Gasteiger partial charge in [0.25, 0.3) is 0 Å². The van der Waals surface area contributed by atoms with Crippen LogP contribution in [-0.2, 0) is 0 Å². The average Bonchev–Trinajstić information content (AvgIpc) is 2.33. The summed E-state index contributed by atoms with van der Waals surface area (Å²) in [5.74, 6) is 0. The Balaban J connectivity index is 2.14. The number of nitrogens with one attached hydrogen (secondary N) is 1. The van der Waals surface area contributed by atoms with Crippen molar-refractivity contribution in [2.24, 2.45) is 0 Å². The van der Waals surface area contributed by atoms with E-state index in [1.54, 1.807) is 0 Å². The van der Waals surface area contributed by atoms with Crippen molar-refractivity contribution in [3.8, 4) is 0 Å². The van der Waals surface area contributed by atoms with Crippen LogP contribution in [0.5, 0.6) is 0 Å². The molecule has 2 aromatic rings. The first-order chi connectivity index (χ1) is 8.16. The van der Waals surface area contributed by atoms with Crippen LogP contribution in [-0.4, -0.2) is 0 Å². The number of aryl methyl sites for hydroxylation is 2. The topological polar surface area (TPSA) is 12.0 Å². The number of para-hydroxylation sites is 1. The summed E-state index contributed by atoms with van der Waals surface area (Å²) >= 11 is 0. The van der Waals surface area contributed by atoms with Crippen molar-refractivity contribution in [2.45, 2.75) is 26.8 Å². The van der Waals surface area contributed by atoms with E-state index in [4.69, 9.17) is 0 Å². The summed E-state index contributed by atoms with van der Waals surface area (Å²) in [4.78, 5) is 0. The molecule has 0 aliphatic rings. The Labute approximate surface area is 103 Å². The highest BCUT2D eigenvalue weighted by Gasteiger charge is 2.05. The van der Waals surface area contributed by atoms with Crippen molar-refractivity contribution >= 4 is 5.69 Å². The van der Waals surface area contributed by atoms with E-state index in [1.807, 2.05) is 0 Å². The monoisotopic (exact) mass is 225 g/mol. The standard InChI is InChI=1S/C16H19N/c1-12-8-10-15(11-9-12)14(3)17-16-7-5-4-6-13(16)2/h4-11,14,17H,1-3H3. The van der Waals surface area contributed by atoms with Crippen molar-refractivity contribution in [3.63, 3.8) is 0 Å². The van der Waals surface area contributed by atoms with Gasteiger partial charge < -0.3 is 5.32 Å². The van der Waals surface area contributed by atoms with Gasteiger partial charge in [0, 0.05) is 11.7 Å². The zero-order chi connectivity index (χ0) is 12.3. The first kappa shape index (κ1) is 11.7. The van der Waals surface area contributed by atoms with Crippen LogP contribution in [0.4, 0.5) is 5.69 Å². The maximum absolute atomic E-state index is 3.55. The number of anilines is 1. The van der Waals surface area contributed by atoms with E-state index in [1.165, 1.54) is 22.4 Å². The summed E-state index contributed by atoms with van der Waals surface area (Å²) in [5.41, 5.74) is 5.11. The predicted molar refractivity (Wildman–Crippen MR) is 74.4 cm³/mol. The SMILES string of the molecule is Cc1ccc(C(C)Nc2ccccc2C)cc1. The van der Waals surface area contributed by atoms with Crippen molar-refractivity contribution < 1.29 is 0 Å². The molecule has 0 amide bonds. The van der Waals surface area contributed by atoms with Crippen LogP contribution in [0.25, 0.3) is 0 Å². The second kappa shape index (κ2) is 5.05. The summed E-state index contributed by atoms with van der Waals surface area (Å²) in [7, 11) is 0. The summed E-state index contributed by atoms with van der Waals surface area (Å²) in [6.45, 7) is 6.44. The molecule has 0 aliphatic heterocycles. The molecule has 1 unspecified atom stereocenters. The number of benzene rings is 2. The molecule has 1 heteroatoms. The van der Waals surface area contributed by atoms with E-state index in [-0.39, 0.29) is 0 Å². The summed E-state index contributed by atoms with van der Waals surface area (Å²) in [6.07, 6.45) is 0. The minimum absolute atomic E-state index is 0.330. The second-order valence-corrected chi connectivity index (χ2v) is 4.59.